The summed E-state index contributed by atoms with van der Waals surface area (Å²) < 4.78 is 37.0. The van der Waals surface area contributed by atoms with Crippen molar-refractivity contribution >= 4 is 22.0 Å². The number of hydrogen-bond donors (Lipinski definition) is 2. The summed E-state index contributed by atoms with van der Waals surface area (Å²) in [6.45, 7) is 2.33. The second-order valence-corrected chi connectivity index (χ2v) is 7.02. The van der Waals surface area contributed by atoms with Crippen molar-refractivity contribution in [3.8, 4) is 11.3 Å². The maximum Gasteiger partial charge on any atom is 0.373 e. The van der Waals surface area contributed by atoms with E-state index in [4.69, 9.17) is 4.42 Å². The number of carbonyl (C=O) groups is 2. The Hall–Kier alpha value is -2.81. The number of sulfonamides is 1. The fourth-order valence-electron chi connectivity index (χ4n) is 2.19. The number of carbonyl (C=O) groups excluding carboxylic acids is 2. The predicted octanol–water partition coefficient (Wildman–Crippen LogP) is 2.52. The molecule has 0 saturated carbocycles. The largest absolute Gasteiger partial charge is 0.463 e. The summed E-state index contributed by atoms with van der Waals surface area (Å²) in [5.74, 6) is -0.567. The molecule has 0 spiro atoms. The van der Waals surface area contributed by atoms with Crippen LogP contribution in [0.1, 0.15) is 30.3 Å². The number of amides is 2. The minimum Gasteiger partial charge on any atom is -0.463 e. The van der Waals surface area contributed by atoms with E-state index in [9.17, 15) is 18.0 Å². The monoisotopic (exact) mass is 380 g/mol. The molecule has 1 aromatic heterocycles. The van der Waals surface area contributed by atoms with E-state index in [1.807, 2.05) is 11.6 Å². The zero-order valence-corrected chi connectivity index (χ0v) is 15.3. The van der Waals surface area contributed by atoms with E-state index in [-0.39, 0.29) is 22.0 Å². The van der Waals surface area contributed by atoms with Gasteiger partial charge in [0.25, 0.3) is 10.0 Å². The number of furan rings is 1. The molecule has 26 heavy (non-hydrogen) atoms. The third-order valence-corrected chi connectivity index (χ3v) is 4.87. The Balaban J connectivity index is 2.29. The lowest BCUT2D eigenvalue weighted by Gasteiger charge is -2.11. The highest BCUT2D eigenvalue weighted by Gasteiger charge is 2.23. The van der Waals surface area contributed by atoms with Crippen molar-refractivity contribution in [2.75, 3.05) is 13.7 Å². The first kappa shape index (κ1) is 19.5. The van der Waals surface area contributed by atoms with Gasteiger partial charge in [-0.1, -0.05) is 25.5 Å². The quantitative estimate of drug-likeness (QED) is 0.563. The van der Waals surface area contributed by atoms with E-state index in [1.165, 1.54) is 37.4 Å². The minimum absolute atomic E-state index is 0.0556. The van der Waals surface area contributed by atoms with Gasteiger partial charge in [0, 0.05) is 12.1 Å². The Morgan fingerprint density at radius 1 is 1.15 bits per heavy atom. The van der Waals surface area contributed by atoms with Crippen molar-refractivity contribution in [2.24, 2.45) is 0 Å². The average Bonchev–Trinajstić information content (AvgIpc) is 3.11. The van der Waals surface area contributed by atoms with E-state index in [0.29, 0.717) is 6.54 Å². The summed E-state index contributed by atoms with van der Waals surface area (Å²) in [4.78, 5) is 23.2. The number of hydrogen-bond acceptors (Lipinski definition) is 6. The average molecular weight is 380 g/mol. The third kappa shape index (κ3) is 4.63. The number of nitrogens with one attached hydrogen (secondary N) is 2. The van der Waals surface area contributed by atoms with Crippen LogP contribution in [0.15, 0.2) is 45.7 Å². The lowest BCUT2D eigenvalue weighted by molar-refractivity contribution is 0.0566. The first-order valence-electron chi connectivity index (χ1n) is 7.97. The van der Waals surface area contributed by atoms with Gasteiger partial charge in [-0.05, 0) is 30.7 Å². The molecule has 2 amide bonds. The Morgan fingerprint density at radius 3 is 2.58 bits per heavy atom. The standard InChI is InChI=1S/C17H20N2O6S/c1-3-4-11-18-17(21)19-26(22,23)15-8-6-5-7-12(15)13-9-10-14(25-13)16(20)24-2/h5-10H,3-4,11H2,1-2H3,(H2,18,19,21). The van der Waals surface area contributed by atoms with Crippen LogP contribution in [0.4, 0.5) is 4.79 Å². The van der Waals surface area contributed by atoms with Crippen molar-refractivity contribution in [3.63, 3.8) is 0 Å². The second-order valence-electron chi connectivity index (χ2n) is 5.37. The normalized spacial score (nSPS) is 11.0. The van der Waals surface area contributed by atoms with Crippen molar-refractivity contribution < 1.29 is 27.2 Å². The Kier molecular flexibility index (Phi) is 6.40. The van der Waals surface area contributed by atoms with Gasteiger partial charge in [-0.25, -0.2) is 22.7 Å². The SMILES string of the molecule is CCCCNC(=O)NS(=O)(=O)c1ccccc1-c1ccc(C(=O)OC)o1. The highest BCUT2D eigenvalue weighted by atomic mass is 32.2. The van der Waals surface area contributed by atoms with Crippen LogP contribution in [-0.2, 0) is 14.8 Å². The summed E-state index contributed by atoms with van der Waals surface area (Å²) in [6.07, 6.45) is 1.61. The minimum atomic E-state index is -4.13. The molecule has 0 fully saturated rings. The molecule has 9 heteroatoms. The summed E-state index contributed by atoms with van der Waals surface area (Å²) in [5, 5.41) is 2.48. The lowest BCUT2D eigenvalue weighted by Crippen LogP contribution is -2.39. The summed E-state index contributed by atoms with van der Waals surface area (Å²) in [7, 11) is -2.92. The maximum absolute atomic E-state index is 12.6. The summed E-state index contributed by atoms with van der Waals surface area (Å²) in [6, 6.07) is 8.05. The van der Waals surface area contributed by atoms with Gasteiger partial charge >= 0.3 is 12.0 Å². The smallest absolute Gasteiger partial charge is 0.373 e. The third-order valence-electron chi connectivity index (χ3n) is 3.48. The number of methoxy groups -OCH3 is 1. The topological polar surface area (TPSA) is 115 Å². The highest BCUT2D eigenvalue weighted by molar-refractivity contribution is 7.90. The van der Waals surface area contributed by atoms with E-state index in [0.717, 1.165) is 12.8 Å². The maximum atomic E-state index is 12.6. The van der Waals surface area contributed by atoms with Gasteiger partial charge in [-0.2, -0.15) is 0 Å². The molecule has 0 radical (unpaired) electrons. The molecule has 0 aliphatic heterocycles. The van der Waals surface area contributed by atoms with Crippen LogP contribution in [0.2, 0.25) is 0 Å². The number of rotatable bonds is 7. The van der Waals surface area contributed by atoms with E-state index in [1.54, 1.807) is 6.07 Å². The number of benzene rings is 1. The van der Waals surface area contributed by atoms with Crippen molar-refractivity contribution in [3.05, 3.63) is 42.2 Å². The molecule has 8 nitrogen and oxygen atoms in total. The van der Waals surface area contributed by atoms with Gasteiger partial charge in [-0.3, -0.25) is 0 Å². The fourth-order valence-corrected chi connectivity index (χ4v) is 3.33. The molecule has 2 aromatic rings. The van der Waals surface area contributed by atoms with Crippen molar-refractivity contribution in [1.82, 2.24) is 10.0 Å². The van der Waals surface area contributed by atoms with Gasteiger partial charge < -0.3 is 14.5 Å². The molecular formula is C17H20N2O6S. The van der Waals surface area contributed by atoms with Gasteiger partial charge in [0.05, 0.1) is 12.0 Å². The molecule has 140 valence electrons. The zero-order valence-electron chi connectivity index (χ0n) is 14.4. The van der Waals surface area contributed by atoms with Crippen LogP contribution in [0, 0.1) is 0 Å². The number of ether oxygens (including phenoxy) is 1. The molecule has 0 saturated heterocycles. The van der Waals surface area contributed by atoms with Gasteiger partial charge in [0.2, 0.25) is 5.76 Å². The van der Waals surface area contributed by atoms with Crippen LogP contribution in [-0.4, -0.2) is 34.1 Å². The number of esters is 1. The lowest BCUT2D eigenvalue weighted by atomic mass is 10.2. The molecule has 0 bridgehead atoms. The molecule has 0 atom stereocenters. The van der Waals surface area contributed by atoms with Gasteiger partial charge in [0.1, 0.15) is 5.76 Å². The zero-order chi connectivity index (χ0) is 19.2. The Morgan fingerprint density at radius 2 is 1.88 bits per heavy atom. The van der Waals surface area contributed by atoms with E-state index < -0.39 is 22.0 Å². The molecule has 2 N–H and O–H groups in total. The highest BCUT2D eigenvalue weighted by Crippen LogP contribution is 2.29. The molecule has 2 rings (SSSR count). The molecule has 1 heterocycles. The predicted molar refractivity (Wildman–Crippen MR) is 94.1 cm³/mol. The molecule has 0 unspecified atom stereocenters. The molecular weight excluding hydrogens is 360 g/mol. The molecule has 0 aliphatic rings. The van der Waals surface area contributed by atoms with Crippen molar-refractivity contribution in [1.29, 1.82) is 0 Å². The Bertz CT molecular complexity index is 888. The number of urea groups is 1. The van der Waals surface area contributed by atoms with Crippen LogP contribution < -0.4 is 10.0 Å². The molecule has 1 aromatic carbocycles. The van der Waals surface area contributed by atoms with E-state index >= 15 is 0 Å². The first-order chi connectivity index (χ1) is 12.4. The molecule has 0 aliphatic carbocycles. The van der Waals surface area contributed by atoms with Gasteiger partial charge in [-0.15, -0.1) is 0 Å². The van der Waals surface area contributed by atoms with Gasteiger partial charge in [0.15, 0.2) is 0 Å². The summed E-state index contributed by atoms with van der Waals surface area (Å²) in [5.41, 5.74) is 0.219. The van der Waals surface area contributed by atoms with Crippen LogP contribution in [0.3, 0.4) is 0 Å². The fraction of sp³-hybridized carbons (Fsp3) is 0.294. The first-order valence-corrected chi connectivity index (χ1v) is 9.45. The second kappa shape index (κ2) is 8.52. The van der Waals surface area contributed by atoms with E-state index in [2.05, 4.69) is 10.1 Å². The van der Waals surface area contributed by atoms with Crippen LogP contribution >= 0.6 is 0 Å². The number of unbranched alkanes of at least 4 members (excludes halogenated alkanes) is 1. The van der Waals surface area contributed by atoms with Crippen molar-refractivity contribution in [2.45, 2.75) is 24.7 Å². The summed E-state index contributed by atoms with van der Waals surface area (Å²) >= 11 is 0. The van der Waals surface area contributed by atoms with Crippen LogP contribution in [0.25, 0.3) is 11.3 Å². The van der Waals surface area contributed by atoms with Crippen LogP contribution in [0.5, 0.6) is 0 Å². The Labute approximate surface area is 151 Å².